The second-order valence-electron chi connectivity index (χ2n) is 7.41. The van der Waals surface area contributed by atoms with E-state index in [1.54, 1.807) is 6.07 Å². The van der Waals surface area contributed by atoms with Crippen LogP contribution in [-0.2, 0) is 11.2 Å². The lowest BCUT2D eigenvalue weighted by Crippen LogP contribution is -2.22. The maximum atomic E-state index is 13.3. The van der Waals surface area contributed by atoms with Crippen molar-refractivity contribution < 1.29 is 4.79 Å². The molecule has 3 aromatic carbocycles. The van der Waals surface area contributed by atoms with Gasteiger partial charge in [-0.15, -0.1) is 0 Å². The van der Waals surface area contributed by atoms with E-state index in [0.29, 0.717) is 5.69 Å². The number of anilines is 1. The van der Waals surface area contributed by atoms with E-state index >= 15 is 0 Å². The molecule has 4 aromatic rings. The van der Waals surface area contributed by atoms with Crippen molar-refractivity contribution in [1.82, 2.24) is 4.98 Å². The molecule has 4 heteroatoms. The van der Waals surface area contributed by atoms with Crippen molar-refractivity contribution in [3.63, 3.8) is 0 Å². The molecule has 4 nitrogen and oxygen atoms in total. The maximum absolute atomic E-state index is 13.3. The molecule has 0 radical (unpaired) electrons. The first-order valence-corrected chi connectivity index (χ1v) is 10.2. The third-order valence-corrected chi connectivity index (χ3v) is 5.24. The molecule has 0 unspecified atom stereocenters. The highest BCUT2D eigenvalue weighted by atomic mass is 16.2. The SMILES string of the molecule is CCCc1cc(=O)[nH]c2cc(NC(=O)C(c3ccccc3)c3ccccc3)ccc12. The second-order valence-corrected chi connectivity index (χ2v) is 7.41. The smallest absolute Gasteiger partial charge is 0.248 e. The molecule has 0 atom stereocenters. The number of hydrogen-bond acceptors (Lipinski definition) is 2. The summed E-state index contributed by atoms with van der Waals surface area (Å²) in [5.41, 5.74) is 4.16. The highest BCUT2D eigenvalue weighted by Gasteiger charge is 2.22. The average molecular weight is 396 g/mol. The predicted molar refractivity (Wildman–Crippen MR) is 122 cm³/mol. The lowest BCUT2D eigenvalue weighted by Gasteiger charge is -2.18. The van der Waals surface area contributed by atoms with E-state index in [1.807, 2.05) is 78.9 Å². The number of pyridine rings is 1. The summed E-state index contributed by atoms with van der Waals surface area (Å²) in [6.45, 7) is 2.09. The van der Waals surface area contributed by atoms with E-state index in [1.165, 1.54) is 0 Å². The first-order chi connectivity index (χ1) is 14.7. The molecule has 150 valence electrons. The molecule has 0 aliphatic heterocycles. The number of carbonyl (C=O) groups is 1. The minimum atomic E-state index is -0.423. The summed E-state index contributed by atoms with van der Waals surface area (Å²) in [4.78, 5) is 28.2. The standard InChI is InChI=1S/C26H24N2O2/c1-2-9-20-16-24(29)28-23-17-21(14-15-22(20)23)27-26(30)25(18-10-5-3-6-11-18)19-12-7-4-8-13-19/h3-8,10-17,25H,2,9H2,1H3,(H,27,30)(H,28,29). The monoisotopic (exact) mass is 396 g/mol. The molecule has 1 aromatic heterocycles. The van der Waals surface area contributed by atoms with Crippen LogP contribution in [0.5, 0.6) is 0 Å². The van der Waals surface area contributed by atoms with Crippen LogP contribution in [0.1, 0.15) is 36.0 Å². The summed E-state index contributed by atoms with van der Waals surface area (Å²) in [5.74, 6) is -0.535. The molecule has 0 bridgehead atoms. The topological polar surface area (TPSA) is 62.0 Å². The molecular weight excluding hydrogens is 372 g/mol. The molecule has 0 aliphatic carbocycles. The number of H-pyrrole nitrogens is 1. The maximum Gasteiger partial charge on any atom is 0.248 e. The largest absolute Gasteiger partial charge is 0.325 e. The molecule has 1 heterocycles. The number of benzene rings is 3. The highest BCUT2D eigenvalue weighted by Crippen LogP contribution is 2.27. The van der Waals surface area contributed by atoms with Crippen LogP contribution in [-0.4, -0.2) is 10.9 Å². The Kier molecular flexibility index (Phi) is 5.75. The fourth-order valence-electron chi connectivity index (χ4n) is 3.89. The summed E-state index contributed by atoms with van der Waals surface area (Å²) in [7, 11) is 0. The van der Waals surface area contributed by atoms with E-state index in [-0.39, 0.29) is 11.5 Å². The Bertz CT molecular complexity index is 1170. The van der Waals surface area contributed by atoms with Crippen LogP contribution < -0.4 is 10.9 Å². The van der Waals surface area contributed by atoms with Crippen molar-refractivity contribution in [3.05, 3.63) is 112 Å². The van der Waals surface area contributed by atoms with E-state index in [0.717, 1.165) is 40.4 Å². The van der Waals surface area contributed by atoms with Crippen LogP contribution in [0, 0.1) is 0 Å². The molecule has 0 saturated heterocycles. The molecule has 0 spiro atoms. The fourth-order valence-corrected chi connectivity index (χ4v) is 3.89. The zero-order valence-corrected chi connectivity index (χ0v) is 16.9. The van der Waals surface area contributed by atoms with Gasteiger partial charge < -0.3 is 10.3 Å². The molecular formula is C26H24N2O2. The summed E-state index contributed by atoms with van der Waals surface area (Å²) >= 11 is 0. The van der Waals surface area contributed by atoms with E-state index < -0.39 is 5.92 Å². The van der Waals surface area contributed by atoms with Crippen LogP contribution in [0.3, 0.4) is 0 Å². The van der Waals surface area contributed by atoms with E-state index in [4.69, 9.17) is 0 Å². The van der Waals surface area contributed by atoms with Crippen molar-refractivity contribution in [2.75, 3.05) is 5.32 Å². The van der Waals surface area contributed by atoms with Crippen LogP contribution in [0.15, 0.2) is 89.7 Å². The third kappa shape index (κ3) is 4.18. The van der Waals surface area contributed by atoms with Gasteiger partial charge >= 0.3 is 0 Å². The van der Waals surface area contributed by atoms with Gasteiger partial charge in [0.25, 0.3) is 0 Å². The van der Waals surface area contributed by atoms with Crippen LogP contribution >= 0.6 is 0 Å². The summed E-state index contributed by atoms with van der Waals surface area (Å²) in [6.07, 6.45) is 1.81. The summed E-state index contributed by atoms with van der Waals surface area (Å²) in [6, 6.07) is 26.8. The van der Waals surface area contributed by atoms with Crippen LogP contribution in [0.4, 0.5) is 5.69 Å². The lowest BCUT2D eigenvalue weighted by atomic mass is 9.90. The number of rotatable bonds is 6. The van der Waals surface area contributed by atoms with Gasteiger partial charge in [-0.25, -0.2) is 0 Å². The number of carbonyl (C=O) groups excluding carboxylic acids is 1. The van der Waals surface area contributed by atoms with Crippen molar-refractivity contribution in [2.45, 2.75) is 25.7 Å². The minimum absolute atomic E-state index is 0.112. The number of hydrogen-bond donors (Lipinski definition) is 2. The van der Waals surface area contributed by atoms with Gasteiger partial charge in [0, 0.05) is 17.1 Å². The molecule has 0 fully saturated rings. The number of aromatic amines is 1. The quantitative estimate of drug-likeness (QED) is 0.467. The number of nitrogens with one attached hydrogen (secondary N) is 2. The minimum Gasteiger partial charge on any atom is -0.325 e. The van der Waals surface area contributed by atoms with Gasteiger partial charge in [-0.3, -0.25) is 9.59 Å². The van der Waals surface area contributed by atoms with Gasteiger partial charge in [-0.1, -0.05) is 80.1 Å². The molecule has 2 N–H and O–H groups in total. The van der Waals surface area contributed by atoms with Crippen molar-refractivity contribution in [3.8, 4) is 0 Å². The van der Waals surface area contributed by atoms with Gasteiger partial charge in [0.2, 0.25) is 11.5 Å². The van der Waals surface area contributed by atoms with Crippen LogP contribution in [0.2, 0.25) is 0 Å². The Hall–Kier alpha value is -3.66. The van der Waals surface area contributed by atoms with Crippen molar-refractivity contribution in [2.24, 2.45) is 0 Å². The Labute approximate surface area is 175 Å². The summed E-state index contributed by atoms with van der Waals surface area (Å²) < 4.78 is 0. The zero-order chi connectivity index (χ0) is 20.9. The average Bonchev–Trinajstić information content (AvgIpc) is 2.75. The Morgan fingerprint density at radius 1 is 0.900 bits per heavy atom. The molecule has 0 saturated carbocycles. The lowest BCUT2D eigenvalue weighted by molar-refractivity contribution is -0.116. The van der Waals surface area contributed by atoms with Crippen molar-refractivity contribution >= 4 is 22.5 Å². The number of fused-ring (bicyclic) bond motifs is 1. The molecule has 4 rings (SSSR count). The van der Waals surface area contributed by atoms with Gasteiger partial charge in [-0.2, -0.15) is 0 Å². The molecule has 30 heavy (non-hydrogen) atoms. The van der Waals surface area contributed by atoms with Gasteiger partial charge in [0.05, 0.1) is 11.4 Å². The van der Waals surface area contributed by atoms with E-state index in [9.17, 15) is 9.59 Å². The van der Waals surface area contributed by atoms with Gasteiger partial charge in [0.15, 0.2) is 0 Å². The predicted octanol–water partition coefficient (Wildman–Crippen LogP) is 5.25. The Morgan fingerprint density at radius 2 is 1.53 bits per heavy atom. The van der Waals surface area contributed by atoms with Gasteiger partial charge in [-0.05, 0) is 35.2 Å². The highest BCUT2D eigenvalue weighted by molar-refractivity contribution is 5.99. The Morgan fingerprint density at radius 3 is 2.13 bits per heavy atom. The zero-order valence-electron chi connectivity index (χ0n) is 16.9. The Balaban J connectivity index is 1.69. The molecule has 1 amide bonds. The second kappa shape index (κ2) is 8.78. The first kappa shape index (κ1) is 19.6. The number of aromatic nitrogens is 1. The first-order valence-electron chi connectivity index (χ1n) is 10.2. The fraction of sp³-hybridized carbons (Fsp3) is 0.154. The number of amides is 1. The summed E-state index contributed by atoms with van der Waals surface area (Å²) in [5, 5.41) is 4.05. The van der Waals surface area contributed by atoms with Gasteiger partial charge in [0.1, 0.15) is 0 Å². The van der Waals surface area contributed by atoms with E-state index in [2.05, 4.69) is 17.2 Å². The molecule has 0 aliphatic rings. The normalized spacial score (nSPS) is 11.0. The number of aryl methyl sites for hydroxylation is 1. The van der Waals surface area contributed by atoms with Crippen LogP contribution in [0.25, 0.3) is 10.9 Å². The third-order valence-electron chi connectivity index (χ3n) is 5.24. The van der Waals surface area contributed by atoms with Crippen molar-refractivity contribution in [1.29, 1.82) is 0 Å².